The summed E-state index contributed by atoms with van der Waals surface area (Å²) in [4.78, 5) is 26.6. The first kappa shape index (κ1) is 16.2. The first-order chi connectivity index (χ1) is 11.5. The minimum atomic E-state index is -0.451. The average Bonchev–Trinajstić information content (AvgIpc) is 2.58. The van der Waals surface area contributed by atoms with Crippen LogP contribution < -0.4 is 9.64 Å². The first-order valence-corrected chi connectivity index (χ1v) is 8.13. The lowest BCUT2D eigenvalue weighted by Gasteiger charge is -2.39. The average molecular weight is 323 g/mol. The topological polar surface area (TPSA) is 46.6 Å². The summed E-state index contributed by atoms with van der Waals surface area (Å²) in [7, 11) is 0. The van der Waals surface area contributed by atoms with Crippen LogP contribution in [0, 0.1) is 0 Å². The third kappa shape index (κ3) is 3.48. The summed E-state index contributed by atoms with van der Waals surface area (Å²) in [6, 6.07) is 16.6. The summed E-state index contributed by atoms with van der Waals surface area (Å²) in [5.41, 5.74) is 0.968. The van der Waals surface area contributed by atoms with Gasteiger partial charge in [-0.25, -0.2) is 0 Å². The van der Waals surface area contributed by atoms with E-state index in [1.807, 2.05) is 56.3 Å². The van der Waals surface area contributed by atoms with Crippen molar-refractivity contribution in [2.24, 2.45) is 0 Å². The van der Waals surface area contributed by atoms with E-state index in [0.717, 1.165) is 5.69 Å². The van der Waals surface area contributed by atoms with E-state index >= 15 is 0 Å². The first-order valence-electron chi connectivity index (χ1n) is 8.13. The lowest BCUT2D eigenvalue weighted by Crippen LogP contribution is -2.49. The molecule has 0 atom stereocenters. The number of Topliss-reactive ketones (excluding diaryl/α,β-unsaturated/α-hetero) is 1. The van der Waals surface area contributed by atoms with Crippen LogP contribution in [0.15, 0.2) is 54.6 Å². The van der Waals surface area contributed by atoms with Gasteiger partial charge in [0.05, 0.1) is 12.2 Å². The molecule has 0 bridgehead atoms. The van der Waals surface area contributed by atoms with Crippen LogP contribution in [0.1, 0.15) is 37.0 Å². The van der Waals surface area contributed by atoms with Crippen molar-refractivity contribution in [1.82, 2.24) is 0 Å². The van der Waals surface area contributed by atoms with Crippen LogP contribution in [0.5, 0.6) is 5.75 Å². The van der Waals surface area contributed by atoms with Gasteiger partial charge < -0.3 is 9.64 Å². The molecule has 0 saturated heterocycles. The maximum Gasteiger partial charge on any atom is 0.227 e. The zero-order chi connectivity index (χ0) is 17.2. The molecule has 0 fully saturated rings. The number of carbonyl (C=O) groups is 2. The molecule has 0 saturated carbocycles. The second-order valence-corrected chi connectivity index (χ2v) is 6.60. The number of para-hydroxylation sites is 2. The molecule has 0 N–H and O–H groups in total. The number of hydrogen-bond donors (Lipinski definition) is 0. The lowest BCUT2D eigenvalue weighted by molar-refractivity contribution is -0.119. The Labute approximate surface area is 142 Å². The highest BCUT2D eigenvalue weighted by Gasteiger charge is 2.34. The fraction of sp³-hybridized carbons (Fsp3) is 0.300. The van der Waals surface area contributed by atoms with E-state index in [0.29, 0.717) is 17.9 Å². The molecule has 1 amide bonds. The Kier molecular flexibility index (Phi) is 4.38. The third-order valence-electron chi connectivity index (χ3n) is 4.04. The predicted octanol–water partition coefficient (Wildman–Crippen LogP) is 3.85. The van der Waals surface area contributed by atoms with E-state index < -0.39 is 5.60 Å². The molecule has 1 aliphatic rings. The van der Waals surface area contributed by atoms with Crippen molar-refractivity contribution in [3.05, 3.63) is 60.2 Å². The number of anilines is 1. The summed E-state index contributed by atoms with van der Waals surface area (Å²) in [6.45, 7) is 4.39. The van der Waals surface area contributed by atoms with Crippen molar-refractivity contribution in [3.8, 4) is 5.75 Å². The standard InChI is InChI=1S/C20H21NO3/c1-20(2)14-21(16-10-6-7-11-18(16)24-20)19(23)13-12-17(22)15-8-4-3-5-9-15/h3-11H,12-14H2,1-2H3. The van der Waals surface area contributed by atoms with Gasteiger partial charge in [0.15, 0.2) is 5.78 Å². The smallest absolute Gasteiger partial charge is 0.227 e. The third-order valence-corrected chi connectivity index (χ3v) is 4.04. The van der Waals surface area contributed by atoms with Gasteiger partial charge in [0.25, 0.3) is 0 Å². The second kappa shape index (κ2) is 6.48. The lowest BCUT2D eigenvalue weighted by atomic mass is 10.0. The molecule has 0 unspecified atom stereocenters. The molecule has 124 valence electrons. The minimum absolute atomic E-state index is 0.00949. The van der Waals surface area contributed by atoms with Gasteiger partial charge in [-0.3, -0.25) is 9.59 Å². The Morgan fingerprint density at radius 3 is 2.42 bits per heavy atom. The predicted molar refractivity (Wildman–Crippen MR) is 93.5 cm³/mol. The van der Waals surface area contributed by atoms with E-state index in [1.54, 1.807) is 17.0 Å². The van der Waals surface area contributed by atoms with Gasteiger partial charge in [-0.15, -0.1) is 0 Å². The van der Waals surface area contributed by atoms with Crippen molar-refractivity contribution >= 4 is 17.4 Å². The van der Waals surface area contributed by atoms with Crippen LogP contribution >= 0.6 is 0 Å². The van der Waals surface area contributed by atoms with Gasteiger partial charge in [-0.2, -0.15) is 0 Å². The largest absolute Gasteiger partial charge is 0.484 e. The van der Waals surface area contributed by atoms with Crippen LogP contribution in [0.2, 0.25) is 0 Å². The molecule has 4 heteroatoms. The molecule has 1 heterocycles. The Hall–Kier alpha value is -2.62. The van der Waals surface area contributed by atoms with E-state index in [2.05, 4.69) is 0 Å². The molecule has 3 rings (SSSR count). The van der Waals surface area contributed by atoms with Crippen LogP contribution in [0.25, 0.3) is 0 Å². The van der Waals surface area contributed by atoms with Crippen LogP contribution in [-0.4, -0.2) is 23.8 Å². The summed E-state index contributed by atoms with van der Waals surface area (Å²) in [5.74, 6) is 0.643. The van der Waals surface area contributed by atoms with E-state index in [4.69, 9.17) is 4.74 Å². The molecular weight excluding hydrogens is 302 g/mol. The van der Waals surface area contributed by atoms with Gasteiger partial charge in [0.2, 0.25) is 5.91 Å². The second-order valence-electron chi connectivity index (χ2n) is 6.60. The summed E-state index contributed by atoms with van der Waals surface area (Å²) in [6.07, 6.45) is 0.404. The molecule has 4 nitrogen and oxygen atoms in total. The molecule has 24 heavy (non-hydrogen) atoms. The van der Waals surface area contributed by atoms with Crippen molar-refractivity contribution < 1.29 is 14.3 Å². The molecule has 0 aromatic heterocycles. The molecule has 0 spiro atoms. The van der Waals surface area contributed by atoms with Crippen LogP contribution in [-0.2, 0) is 4.79 Å². The number of fused-ring (bicyclic) bond motifs is 1. The maximum atomic E-state index is 12.7. The fourth-order valence-electron chi connectivity index (χ4n) is 2.91. The fourth-order valence-corrected chi connectivity index (χ4v) is 2.91. The van der Waals surface area contributed by atoms with Crippen molar-refractivity contribution in [3.63, 3.8) is 0 Å². The molecule has 2 aromatic carbocycles. The zero-order valence-corrected chi connectivity index (χ0v) is 14.0. The Balaban J connectivity index is 1.72. The summed E-state index contributed by atoms with van der Waals surface area (Å²) < 4.78 is 5.93. The van der Waals surface area contributed by atoms with Gasteiger partial charge in [0, 0.05) is 18.4 Å². The monoisotopic (exact) mass is 323 g/mol. The van der Waals surface area contributed by atoms with Crippen molar-refractivity contribution in [2.75, 3.05) is 11.4 Å². The van der Waals surface area contributed by atoms with Gasteiger partial charge in [-0.05, 0) is 26.0 Å². The molecule has 2 aromatic rings. The quantitative estimate of drug-likeness (QED) is 0.803. The Morgan fingerprint density at radius 1 is 1.00 bits per heavy atom. The highest BCUT2D eigenvalue weighted by molar-refractivity contribution is 6.01. The number of benzene rings is 2. The van der Waals surface area contributed by atoms with Gasteiger partial charge >= 0.3 is 0 Å². The number of hydrogen-bond acceptors (Lipinski definition) is 3. The van der Waals surface area contributed by atoms with Gasteiger partial charge in [-0.1, -0.05) is 42.5 Å². The summed E-state index contributed by atoms with van der Waals surface area (Å²) in [5, 5.41) is 0. The SMILES string of the molecule is CC1(C)CN(C(=O)CCC(=O)c2ccccc2)c2ccccc2O1. The Bertz CT molecular complexity index is 752. The minimum Gasteiger partial charge on any atom is -0.484 e. The van der Waals surface area contributed by atoms with Gasteiger partial charge in [0.1, 0.15) is 11.4 Å². The van der Waals surface area contributed by atoms with E-state index in [-0.39, 0.29) is 24.5 Å². The Morgan fingerprint density at radius 2 is 1.67 bits per heavy atom. The molecule has 0 aliphatic carbocycles. The van der Waals surface area contributed by atoms with Crippen molar-refractivity contribution in [2.45, 2.75) is 32.3 Å². The number of rotatable bonds is 4. The zero-order valence-electron chi connectivity index (χ0n) is 14.0. The highest BCUT2D eigenvalue weighted by atomic mass is 16.5. The molecule has 0 radical (unpaired) electrons. The van der Waals surface area contributed by atoms with Crippen LogP contribution in [0.3, 0.4) is 0 Å². The maximum absolute atomic E-state index is 12.7. The van der Waals surface area contributed by atoms with E-state index in [9.17, 15) is 9.59 Å². The number of amides is 1. The number of carbonyl (C=O) groups excluding carboxylic acids is 2. The van der Waals surface area contributed by atoms with Crippen molar-refractivity contribution in [1.29, 1.82) is 0 Å². The van der Waals surface area contributed by atoms with E-state index in [1.165, 1.54) is 0 Å². The number of ether oxygens (including phenoxy) is 1. The number of ketones is 1. The van der Waals surface area contributed by atoms with Crippen LogP contribution in [0.4, 0.5) is 5.69 Å². The highest BCUT2D eigenvalue weighted by Crippen LogP contribution is 2.37. The molecular formula is C20H21NO3. The summed E-state index contributed by atoms with van der Waals surface area (Å²) >= 11 is 0. The molecule has 1 aliphatic heterocycles. The normalized spacial score (nSPS) is 15.3. The number of nitrogens with zero attached hydrogens (tertiary/aromatic N) is 1.